The highest BCUT2D eigenvalue weighted by Gasteiger charge is 2.00. The van der Waals surface area contributed by atoms with Crippen LogP contribution in [0.5, 0.6) is 0 Å². The van der Waals surface area contributed by atoms with Crippen LogP contribution < -0.4 is 5.73 Å². The average Bonchev–Trinajstić information content (AvgIpc) is 2.49. The van der Waals surface area contributed by atoms with Crippen LogP contribution in [0.4, 0.5) is 0 Å². The Bertz CT molecular complexity index is 426. The van der Waals surface area contributed by atoms with E-state index in [1.807, 2.05) is 12.1 Å². The van der Waals surface area contributed by atoms with Gasteiger partial charge in [-0.1, -0.05) is 6.07 Å². The summed E-state index contributed by atoms with van der Waals surface area (Å²) in [7, 11) is 0. The van der Waals surface area contributed by atoms with Crippen molar-refractivity contribution < 1.29 is 0 Å². The van der Waals surface area contributed by atoms with Gasteiger partial charge in [-0.05, 0) is 25.6 Å². The molecule has 2 heterocycles. The smallest absolute Gasteiger partial charge is 0.137 e. The zero-order valence-corrected chi connectivity index (χ0v) is 11.9. The van der Waals surface area contributed by atoms with Gasteiger partial charge in [-0.25, -0.2) is 4.98 Å². The van der Waals surface area contributed by atoms with Gasteiger partial charge in [0.2, 0.25) is 0 Å². The fourth-order valence-corrected chi connectivity index (χ4v) is 1.47. The molecule has 0 unspecified atom stereocenters. The Hall–Kier alpha value is -0.390. The Balaban J connectivity index is 0.000000980. The van der Waals surface area contributed by atoms with E-state index in [4.69, 9.17) is 5.73 Å². The van der Waals surface area contributed by atoms with Crippen molar-refractivity contribution in [3.8, 4) is 0 Å². The summed E-state index contributed by atoms with van der Waals surface area (Å²) in [5.41, 5.74) is 8.74. The number of rotatable bonds is 2. The molecule has 2 aromatic rings. The van der Waals surface area contributed by atoms with E-state index in [0.29, 0.717) is 6.54 Å². The van der Waals surface area contributed by atoms with Gasteiger partial charge in [0, 0.05) is 18.3 Å². The minimum atomic E-state index is 0. The normalized spacial score (nSPS) is 9.47. The molecule has 0 saturated heterocycles. The van der Waals surface area contributed by atoms with Crippen LogP contribution in [0.1, 0.15) is 11.4 Å². The Kier molecular flexibility index (Phi) is 6.09. The van der Waals surface area contributed by atoms with E-state index < -0.39 is 0 Å². The van der Waals surface area contributed by atoms with Crippen molar-refractivity contribution in [3.05, 3.63) is 35.8 Å². The van der Waals surface area contributed by atoms with Gasteiger partial charge in [-0.2, -0.15) is 0 Å². The first-order chi connectivity index (χ1) is 6.31. The lowest BCUT2D eigenvalue weighted by Gasteiger charge is -1.95. The molecule has 0 fully saturated rings. The molecule has 0 aliphatic heterocycles. The minimum Gasteiger partial charge on any atom is -0.330 e. The van der Waals surface area contributed by atoms with Gasteiger partial charge < -0.3 is 10.1 Å². The first kappa shape index (κ1) is 14.6. The highest BCUT2D eigenvalue weighted by atomic mass is 79.9. The van der Waals surface area contributed by atoms with Crippen LogP contribution in [-0.4, -0.2) is 15.9 Å². The van der Waals surface area contributed by atoms with Gasteiger partial charge in [0.25, 0.3) is 0 Å². The highest BCUT2D eigenvalue weighted by Crippen LogP contribution is 2.08. The van der Waals surface area contributed by atoms with E-state index in [9.17, 15) is 0 Å². The summed E-state index contributed by atoms with van der Waals surface area (Å²) in [6, 6.07) is 6.10. The molecule has 84 valence electrons. The molecular formula is C10H15Br2N3. The molecule has 0 aliphatic carbocycles. The van der Waals surface area contributed by atoms with E-state index >= 15 is 0 Å². The predicted molar refractivity (Wildman–Crippen MR) is 73.3 cm³/mol. The molecule has 2 aromatic heterocycles. The van der Waals surface area contributed by atoms with E-state index in [2.05, 4.69) is 28.6 Å². The summed E-state index contributed by atoms with van der Waals surface area (Å²) < 4.78 is 2.09. The topological polar surface area (TPSA) is 43.3 Å². The maximum Gasteiger partial charge on any atom is 0.137 e. The zero-order valence-electron chi connectivity index (χ0n) is 8.51. The zero-order chi connectivity index (χ0) is 9.26. The number of halogens is 2. The summed E-state index contributed by atoms with van der Waals surface area (Å²) in [5.74, 6) is 0. The molecule has 0 aromatic carbocycles. The Morgan fingerprint density at radius 2 is 2.07 bits per heavy atom. The monoisotopic (exact) mass is 335 g/mol. The SMILES string of the molecule is Br.Br.Cc1cccc2nc(CCN)cn12. The van der Waals surface area contributed by atoms with Gasteiger partial charge >= 0.3 is 0 Å². The molecule has 2 N–H and O–H groups in total. The number of hydrogen-bond acceptors (Lipinski definition) is 2. The van der Waals surface area contributed by atoms with Crippen molar-refractivity contribution in [3.63, 3.8) is 0 Å². The average molecular weight is 337 g/mol. The predicted octanol–water partition coefficient (Wildman–Crippen LogP) is 2.30. The number of hydrogen-bond donors (Lipinski definition) is 1. The Morgan fingerprint density at radius 1 is 1.33 bits per heavy atom. The lowest BCUT2D eigenvalue weighted by molar-refractivity contribution is 0.936. The second-order valence-corrected chi connectivity index (χ2v) is 3.17. The van der Waals surface area contributed by atoms with Crippen molar-refractivity contribution >= 4 is 39.6 Å². The largest absolute Gasteiger partial charge is 0.330 e. The molecule has 0 radical (unpaired) electrons. The first-order valence-electron chi connectivity index (χ1n) is 4.45. The van der Waals surface area contributed by atoms with E-state index in [1.165, 1.54) is 5.69 Å². The quantitative estimate of drug-likeness (QED) is 0.914. The number of fused-ring (bicyclic) bond motifs is 1. The van der Waals surface area contributed by atoms with E-state index in [1.54, 1.807) is 0 Å². The standard InChI is InChI=1S/C10H13N3.2BrH/c1-8-3-2-4-10-12-9(5-6-11)7-13(8)10;;/h2-4,7H,5-6,11H2,1H3;2*1H. The molecule has 0 amide bonds. The van der Waals surface area contributed by atoms with Crippen molar-refractivity contribution in [2.75, 3.05) is 6.54 Å². The van der Waals surface area contributed by atoms with Crippen molar-refractivity contribution in [1.29, 1.82) is 0 Å². The fraction of sp³-hybridized carbons (Fsp3) is 0.300. The molecule has 0 spiro atoms. The summed E-state index contributed by atoms with van der Waals surface area (Å²) >= 11 is 0. The summed E-state index contributed by atoms with van der Waals surface area (Å²) in [5, 5.41) is 0. The van der Waals surface area contributed by atoms with Gasteiger partial charge in [0.15, 0.2) is 0 Å². The molecule has 0 aliphatic rings. The Labute approximate surface area is 110 Å². The first-order valence-corrected chi connectivity index (χ1v) is 4.45. The second kappa shape index (κ2) is 6.25. The number of nitrogens with two attached hydrogens (primary N) is 1. The molecule has 0 bridgehead atoms. The molecule has 3 nitrogen and oxygen atoms in total. The molecule has 5 heteroatoms. The summed E-state index contributed by atoms with van der Waals surface area (Å²) in [4.78, 5) is 4.45. The molecule has 0 saturated carbocycles. The van der Waals surface area contributed by atoms with Gasteiger partial charge in [0.1, 0.15) is 5.65 Å². The lowest BCUT2D eigenvalue weighted by atomic mass is 10.3. The van der Waals surface area contributed by atoms with Gasteiger partial charge in [-0.3, -0.25) is 0 Å². The maximum atomic E-state index is 5.47. The Morgan fingerprint density at radius 3 is 2.67 bits per heavy atom. The number of pyridine rings is 1. The number of aromatic nitrogens is 2. The molecule has 2 rings (SSSR count). The minimum absolute atomic E-state index is 0. The second-order valence-electron chi connectivity index (χ2n) is 3.17. The third-order valence-corrected chi connectivity index (χ3v) is 2.15. The van der Waals surface area contributed by atoms with Crippen LogP contribution in [-0.2, 0) is 6.42 Å². The van der Waals surface area contributed by atoms with E-state index in [-0.39, 0.29) is 34.0 Å². The van der Waals surface area contributed by atoms with Crippen molar-refractivity contribution in [2.45, 2.75) is 13.3 Å². The third-order valence-electron chi connectivity index (χ3n) is 2.15. The van der Waals surface area contributed by atoms with E-state index in [0.717, 1.165) is 17.8 Å². The number of nitrogens with zero attached hydrogens (tertiary/aromatic N) is 2. The third kappa shape index (κ3) is 3.03. The maximum absolute atomic E-state index is 5.47. The van der Waals surface area contributed by atoms with Crippen molar-refractivity contribution in [2.24, 2.45) is 5.73 Å². The number of imidazole rings is 1. The highest BCUT2D eigenvalue weighted by molar-refractivity contribution is 8.93. The van der Waals surface area contributed by atoms with Crippen molar-refractivity contribution in [1.82, 2.24) is 9.38 Å². The molecule has 0 atom stereocenters. The summed E-state index contributed by atoms with van der Waals surface area (Å²) in [6.45, 7) is 2.73. The number of aryl methyl sites for hydroxylation is 1. The van der Waals surface area contributed by atoms with Crippen LogP contribution in [0.3, 0.4) is 0 Å². The van der Waals surface area contributed by atoms with Crippen LogP contribution in [0.25, 0.3) is 5.65 Å². The van der Waals surface area contributed by atoms with Crippen LogP contribution >= 0.6 is 34.0 Å². The van der Waals surface area contributed by atoms with Crippen LogP contribution in [0, 0.1) is 6.92 Å². The van der Waals surface area contributed by atoms with Crippen LogP contribution in [0.15, 0.2) is 24.4 Å². The lowest BCUT2D eigenvalue weighted by Crippen LogP contribution is -2.02. The van der Waals surface area contributed by atoms with Crippen LogP contribution in [0.2, 0.25) is 0 Å². The molecule has 15 heavy (non-hydrogen) atoms. The van der Waals surface area contributed by atoms with Gasteiger partial charge in [-0.15, -0.1) is 34.0 Å². The summed E-state index contributed by atoms with van der Waals surface area (Å²) in [6.07, 6.45) is 2.90. The fourth-order valence-electron chi connectivity index (χ4n) is 1.47. The van der Waals surface area contributed by atoms with Gasteiger partial charge in [0.05, 0.1) is 5.69 Å². The molecular weight excluding hydrogens is 322 g/mol.